The van der Waals surface area contributed by atoms with Gasteiger partial charge < -0.3 is 10.4 Å². The van der Waals surface area contributed by atoms with Crippen molar-refractivity contribution in [2.45, 2.75) is 6.54 Å². The van der Waals surface area contributed by atoms with E-state index in [1.54, 1.807) is 18.2 Å². The summed E-state index contributed by atoms with van der Waals surface area (Å²) in [5.74, 6) is 0.255. The van der Waals surface area contributed by atoms with Gasteiger partial charge in [0.05, 0.1) is 10.0 Å². The van der Waals surface area contributed by atoms with Gasteiger partial charge in [0.25, 0.3) is 0 Å². The largest absolute Gasteiger partial charge is 0.508 e. The van der Waals surface area contributed by atoms with Gasteiger partial charge in [0.2, 0.25) is 0 Å². The summed E-state index contributed by atoms with van der Waals surface area (Å²) in [6.07, 6.45) is 0. The van der Waals surface area contributed by atoms with Crippen LogP contribution in [0.3, 0.4) is 0 Å². The van der Waals surface area contributed by atoms with E-state index in [0.717, 1.165) is 11.3 Å². The van der Waals surface area contributed by atoms with Crippen LogP contribution in [0.4, 0.5) is 5.69 Å². The molecule has 2 N–H and O–H groups in total. The maximum atomic E-state index is 9.15. The number of anilines is 1. The number of benzene rings is 2. The molecule has 0 atom stereocenters. The molecule has 0 aliphatic rings. The predicted molar refractivity (Wildman–Crippen MR) is 71.9 cm³/mol. The van der Waals surface area contributed by atoms with Crippen LogP contribution in [0, 0.1) is 0 Å². The van der Waals surface area contributed by atoms with Crippen LogP contribution in [0.5, 0.6) is 5.75 Å². The minimum Gasteiger partial charge on any atom is -0.508 e. The standard InChI is InChI=1S/C13H11Cl2NO/c14-12-6-1-9(7-13(12)15)8-16-10-2-4-11(17)5-3-10/h1-7,16-17H,8H2. The van der Waals surface area contributed by atoms with E-state index in [4.69, 9.17) is 28.3 Å². The van der Waals surface area contributed by atoms with Gasteiger partial charge in [-0.05, 0) is 42.0 Å². The zero-order chi connectivity index (χ0) is 12.3. The highest BCUT2D eigenvalue weighted by Crippen LogP contribution is 2.23. The molecule has 0 aromatic heterocycles. The summed E-state index contributed by atoms with van der Waals surface area (Å²) in [4.78, 5) is 0. The first-order valence-corrected chi connectivity index (χ1v) is 5.87. The van der Waals surface area contributed by atoms with E-state index < -0.39 is 0 Å². The molecule has 0 bridgehead atoms. The highest BCUT2D eigenvalue weighted by molar-refractivity contribution is 6.42. The van der Waals surface area contributed by atoms with Crippen molar-refractivity contribution in [3.63, 3.8) is 0 Å². The van der Waals surface area contributed by atoms with E-state index in [-0.39, 0.29) is 5.75 Å². The number of rotatable bonds is 3. The van der Waals surface area contributed by atoms with Crippen LogP contribution in [0.1, 0.15) is 5.56 Å². The average Bonchev–Trinajstić information content (AvgIpc) is 2.33. The maximum absolute atomic E-state index is 9.15. The molecular weight excluding hydrogens is 257 g/mol. The molecule has 4 heteroatoms. The lowest BCUT2D eigenvalue weighted by Crippen LogP contribution is -1.98. The Hall–Kier alpha value is -1.38. The van der Waals surface area contributed by atoms with E-state index >= 15 is 0 Å². The summed E-state index contributed by atoms with van der Waals surface area (Å²) in [7, 11) is 0. The maximum Gasteiger partial charge on any atom is 0.115 e. The fourth-order valence-corrected chi connectivity index (χ4v) is 1.75. The second-order valence-electron chi connectivity index (χ2n) is 3.65. The monoisotopic (exact) mass is 267 g/mol. The van der Waals surface area contributed by atoms with Gasteiger partial charge in [0.1, 0.15) is 5.75 Å². The van der Waals surface area contributed by atoms with Crippen LogP contribution in [0.25, 0.3) is 0 Å². The highest BCUT2D eigenvalue weighted by atomic mass is 35.5. The number of phenolic OH excluding ortho intramolecular Hbond substituents is 1. The first kappa shape index (κ1) is 12.1. The smallest absolute Gasteiger partial charge is 0.115 e. The molecule has 0 saturated carbocycles. The molecule has 0 aliphatic heterocycles. The molecule has 0 spiro atoms. The summed E-state index contributed by atoms with van der Waals surface area (Å²) in [6, 6.07) is 12.4. The van der Waals surface area contributed by atoms with Gasteiger partial charge in [-0.15, -0.1) is 0 Å². The second-order valence-corrected chi connectivity index (χ2v) is 4.46. The second kappa shape index (κ2) is 5.30. The average molecular weight is 268 g/mol. The van der Waals surface area contributed by atoms with Gasteiger partial charge in [-0.3, -0.25) is 0 Å². The van der Waals surface area contributed by atoms with E-state index in [1.807, 2.05) is 24.3 Å². The van der Waals surface area contributed by atoms with Gasteiger partial charge in [-0.2, -0.15) is 0 Å². The fraction of sp³-hybridized carbons (Fsp3) is 0.0769. The summed E-state index contributed by atoms with van der Waals surface area (Å²) in [6.45, 7) is 0.654. The van der Waals surface area contributed by atoms with E-state index in [9.17, 15) is 0 Å². The van der Waals surface area contributed by atoms with Crippen LogP contribution in [0.2, 0.25) is 10.0 Å². The molecule has 17 heavy (non-hydrogen) atoms. The van der Waals surface area contributed by atoms with Crippen LogP contribution < -0.4 is 5.32 Å². The van der Waals surface area contributed by atoms with Crippen molar-refractivity contribution < 1.29 is 5.11 Å². The summed E-state index contributed by atoms with van der Waals surface area (Å²) in [5, 5.41) is 13.5. The van der Waals surface area contributed by atoms with Gasteiger partial charge in [0, 0.05) is 12.2 Å². The van der Waals surface area contributed by atoms with Crippen LogP contribution in [-0.4, -0.2) is 5.11 Å². The van der Waals surface area contributed by atoms with E-state index in [1.165, 1.54) is 0 Å². The Morgan fingerprint density at radius 3 is 2.29 bits per heavy atom. The third-order valence-corrected chi connectivity index (χ3v) is 3.09. The van der Waals surface area contributed by atoms with E-state index in [0.29, 0.717) is 16.6 Å². The van der Waals surface area contributed by atoms with Gasteiger partial charge in [0.15, 0.2) is 0 Å². The molecule has 0 saturated heterocycles. The number of hydrogen-bond donors (Lipinski definition) is 2. The van der Waals surface area contributed by atoms with Crippen molar-refractivity contribution >= 4 is 28.9 Å². The number of hydrogen-bond acceptors (Lipinski definition) is 2. The van der Waals surface area contributed by atoms with Crippen molar-refractivity contribution in [1.29, 1.82) is 0 Å². The molecule has 0 heterocycles. The summed E-state index contributed by atoms with van der Waals surface area (Å²) < 4.78 is 0. The Kier molecular flexibility index (Phi) is 3.77. The quantitative estimate of drug-likeness (QED) is 0.813. The molecule has 2 aromatic rings. The van der Waals surface area contributed by atoms with Crippen LogP contribution in [-0.2, 0) is 6.54 Å². The van der Waals surface area contributed by atoms with Gasteiger partial charge in [-0.25, -0.2) is 0 Å². The number of phenols is 1. The third-order valence-electron chi connectivity index (χ3n) is 2.35. The van der Waals surface area contributed by atoms with Crippen molar-refractivity contribution in [2.24, 2.45) is 0 Å². The SMILES string of the molecule is Oc1ccc(NCc2ccc(Cl)c(Cl)c2)cc1. The molecule has 2 nitrogen and oxygen atoms in total. The van der Waals surface area contributed by atoms with Crippen molar-refractivity contribution in [2.75, 3.05) is 5.32 Å². The van der Waals surface area contributed by atoms with Gasteiger partial charge >= 0.3 is 0 Å². The Morgan fingerprint density at radius 2 is 1.65 bits per heavy atom. The van der Waals surface area contributed by atoms with Crippen molar-refractivity contribution in [3.05, 3.63) is 58.1 Å². The van der Waals surface area contributed by atoms with E-state index in [2.05, 4.69) is 5.32 Å². The van der Waals surface area contributed by atoms with Crippen molar-refractivity contribution in [3.8, 4) is 5.75 Å². The topological polar surface area (TPSA) is 32.3 Å². The van der Waals surface area contributed by atoms with Crippen molar-refractivity contribution in [1.82, 2.24) is 0 Å². The Labute approximate surface area is 110 Å². The summed E-state index contributed by atoms with van der Waals surface area (Å²) in [5.41, 5.74) is 1.99. The molecule has 2 aromatic carbocycles. The lowest BCUT2D eigenvalue weighted by atomic mass is 10.2. The Morgan fingerprint density at radius 1 is 0.941 bits per heavy atom. The molecule has 0 amide bonds. The molecule has 88 valence electrons. The summed E-state index contributed by atoms with van der Waals surface area (Å²) >= 11 is 11.8. The molecule has 0 unspecified atom stereocenters. The van der Waals surface area contributed by atoms with Crippen LogP contribution in [0.15, 0.2) is 42.5 Å². The molecular formula is C13H11Cl2NO. The third kappa shape index (κ3) is 3.29. The number of nitrogens with one attached hydrogen (secondary N) is 1. The Bertz CT molecular complexity index is 511. The number of aromatic hydroxyl groups is 1. The fourth-order valence-electron chi connectivity index (χ4n) is 1.43. The molecule has 0 aliphatic carbocycles. The molecule has 0 radical (unpaired) electrons. The first-order chi connectivity index (χ1) is 8.15. The lowest BCUT2D eigenvalue weighted by Gasteiger charge is -2.07. The lowest BCUT2D eigenvalue weighted by molar-refractivity contribution is 0.475. The minimum absolute atomic E-state index is 0.255. The molecule has 2 rings (SSSR count). The van der Waals surface area contributed by atoms with Crippen LogP contribution >= 0.6 is 23.2 Å². The zero-order valence-electron chi connectivity index (χ0n) is 8.95. The normalized spacial score (nSPS) is 10.2. The number of halogens is 2. The van der Waals surface area contributed by atoms with Gasteiger partial charge in [-0.1, -0.05) is 29.3 Å². The molecule has 0 fully saturated rings. The zero-order valence-corrected chi connectivity index (χ0v) is 10.5. The Balaban J connectivity index is 2.02. The predicted octanol–water partition coefficient (Wildman–Crippen LogP) is 4.31. The first-order valence-electron chi connectivity index (χ1n) is 5.12. The minimum atomic E-state index is 0.255. The highest BCUT2D eigenvalue weighted by Gasteiger charge is 1.99.